The van der Waals surface area contributed by atoms with Gasteiger partial charge in [-0.1, -0.05) is 27.4 Å². The molecule has 1 unspecified atom stereocenters. The molecule has 16 heavy (non-hydrogen) atoms. The molecule has 0 spiro atoms. The lowest BCUT2D eigenvalue weighted by Gasteiger charge is -2.42. The summed E-state index contributed by atoms with van der Waals surface area (Å²) in [5, 5.41) is 9.85. The first-order chi connectivity index (χ1) is 6.84. The molecule has 1 N–H and O–H groups in total. The Morgan fingerprint density at radius 3 is 1.75 bits per heavy atom. The molecule has 1 atom stereocenters. The highest BCUT2D eigenvalue weighted by atomic mass is 19.4. The zero-order chi connectivity index (χ0) is 13.4. The van der Waals surface area contributed by atoms with E-state index in [0.717, 1.165) is 0 Å². The van der Waals surface area contributed by atoms with Gasteiger partial charge in [0.05, 0.1) is 6.10 Å². The van der Waals surface area contributed by atoms with E-state index in [1.54, 1.807) is 13.8 Å². The maximum Gasteiger partial charge on any atom is 0.425 e. The third kappa shape index (κ3) is 2.70. The molecule has 0 aromatic heterocycles. The Balaban J connectivity index is 5.36. The van der Waals surface area contributed by atoms with E-state index < -0.39 is 29.1 Å². The first-order valence-corrected chi connectivity index (χ1v) is 4.99. The van der Waals surface area contributed by atoms with E-state index in [1.165, 1.54) is 20.8 Å². The maximum absolute atomic E-state index is 12.9. The van der Waals surface area contributed by atoms with Crippen molar-refractivity contribution in [1.82, 2.24) is 0 Å². The Morgan fingerprint density at radius 1 is 1.19 bits per heavy atom. The first-order valence-electron chi connectivity index (χ1n) is 4.99. The van der Waals surface area contributed by atoms with Gasteiger partial charge in [0.25, 0.3) is 0 Å². The van der Waals surface area contributed by atoms with Crippen molar-refractivity contribution in [3.05, 3.63) is 12.3 Å². The van der Waals surface area contributed by atoms with Gasteiger partial charge in [0.15, 0.2) is 0 Å². The van der Waals surface area contributed by atoms with E-state index in [2.05, 4.69) is 6.58 Å². The average Bonchev–Trinajstić information content (AvgIpc) is 1.96. The molecule has 96 valence electrons. The summed E-state index contributed by atoms with van der Waals surface area (Å²) in [6.07, 6.45) is -5.29. The molecular weight excluding hydrogens is 221 g/mol. The molecule has 0 saturated carbocycles. The minimum absolute atomic E-state index is 0.469. The summed E-state index contributed by atoms with van der Waals surface area (Å²) in [6.45, 7) is 10.2. The van der Waals surface area contributed by atoms with Crippen LogP contribution in [0.15, 0.2) is 12.3 Å². The van der Waals surface area contributed by atoms with Crippen LogP contribution in [0.3, 0.4) is 0 Å². The molecule has 0 aromatic carbocycles. The maximum atomic E-state index is 12.9. The van der Waals surface area contributed by atoms with Gasteiger partial charge >= 0.3 is 6.18 Å². The fraction of sp³-hybridized carbons (Fsp3) is 0.818. The van der Waals surface area contributed by atoms with Crippen LogP contribution in [0.4, 0.5) is 13.2 Å². The van der Waals surface area contributed by atoms with Crippen LogP contribution >= 0.6 is 0 Å². The van der Waals surface area contributed by atoms with Gasteiger partial charge in [-0.15, -0.1) is 0 Å². The average molecular weight is 240 g/mol. The van der Waals surface area contributed by atoms with Gasteiger partial charge < -0.3 is 9.84 Å². The molecule has 0 saturated heterocycles. The number of alkyl halides is 3. The fourth-order valence-corrected chi connectivity index (χ4v) is 1.37. The van der Waals surface area contributed by atoms with Crippen LogP contribution in [-0.4, -0.2) is 23.0 Å². The van der Waals surface area contributed by atoms with Crippen molar-refractivity contribution < 1.29 is 23.0 Å². The number of rotatable bonds is 3. The van der Waals surface area contributed by atoms with Crippen molar-refractivity contribution >= 4 is 0 Å². The molecule has 0 amide bonds. The van der Waals surface area contributed by atoms with Crippen LogP contribution in [-0.2, 0) is 4.74 Å². The zero-order valence-corrected chi connectivity index (χ0v) is 10.3. The standard InChI is InChI=1S/C11H19F3O2/c1-7(2)16-8(3)10(15,9(4,5)6)11(12,13)14/h7,15H,3H2,1-2,4-6H3. The monoisotopic (exact) mass is 240 g/mol. The van der Waals surface area contributed by atoms with Crippen LogP contribution < -0.4 is 0 Å². The Labute approximate surface area is 94.1 Å². The third-order valence-electron chi connectivity index (χ3n) is 2.28. The highest BCUT2D eigenvalue weighted by molar-refractivity contribution is 5.16. The van der Waals surface area contributed by atoms with Crippen LogP contribution in [0.2, 0.25) is 0 Å². The number of hydrogen-bond donors (Lipinski definition) is 1. The Kier molecular flexibility index (Phi) is 4.09. The number of hydrogen-bond acceptors (Lipinski definition) is 2. The van der Waals surface area contributed by atoms with Crippen molar-refractivity contribution in [3.63, 3.8) is 0 Å². The Hall–Kier alpha value is -0.710. The second-order valence-electron chi connectivity index (χ2n) is 5.05. The Bertz CT molecular complexity index is 247. The minimum Gasteiger partial charge on any atom is -0.493 e. The highest BCUT2D eigenvalue weighted by Crippen LogP contribution is 2.47. The second-order valence-corrected chi connectivity index (χ2v) is 5.05. The van der Waals surface area contributed by atoms with Crippen molar-refractivity contribution in [3.8, 4) is 0 Å². The van der Waals surface area contributed by atoms with Gasteiger partial charge in [0.1, 0.15) is 5.76 Å². The van der Waals surface area contributed by atoms with Crippen LogP contribution in [0, 0.1) is 5.41 Å². The molecular formula is C11H19F3O2. The van der Waals surface area contributed by atoms with Crippen molar-refractivity contribution in [2.75, 3.05) is 0 Å². The molecule has 5 heteroatoms. The lowest BCUT2D eigenvalue weighted by molar-refractivity contribution is -0.290. The van der Waals surface area contributed by atoms with Crippen molar-refractivity contribution in [1.29, 1.82) is 0 Å². The second kappa shape index (κ2) is 4.28. The molecule has 0 aromatic rings. The molecule has 0 rings (SSSR count). The normalized spacial score (nSPS) is 17.1. The molecule has 0 aliphatic carbocycles. The molecule has 0 radical (unpaired) electrons. The zero-order valence-electron chi connectivity index (χ0n) is 10.3. The summed E-state index contributed by atoms with van der Waals surface area (Å²) in [7, 11) is 0. The van der Waals surface area contributed by atoms with E-state index in [1.807, 2.05) is 0 Å². The summed E-state index contributed by atoms with van der Waals surface area (Å²) in [5.41, 5.74) is -4.50. The van der Waals surface area contributed by atoms with Gasteiger partial charge in [-0.3, -0.25) is 0 Å². The van der Waals surface area contributed by atoms with Gasteiger partial charge in [0, 0.05) is 5.41 Å². The largest absolute Gasteiger partial charge is 0.493 e. The predicted octanol–water partition coefficient (Wildman–Crippen LogP) is 3.26. The molecule has 0 bridgehead atoms. The van der Waals surface area contributed by atoms with Crippen LogP contribution in [0.1, 0.15) is 34.6 Å². The predicted molar refractivity (Wildman–Crippen MR) is 55.8 cm³/mol. The summed E-state index contributed by atoms with van der Waals surface area (Å²) in [4.78, 5) is 0. The topological polar surface area (TPSA) is 29.5 Å². The molecule has 0 aliphatic rings. The lowest BCUT2D eigenvalue weighted by Crippen LogP contribution is -2.56. The fourth-order valence-electron chi connectivity index (χ4n) is 1.37. The Morgan fingerprint density at radius 2 is 1.56 bits per heavy atom. The smallest absolute Gasteiger partial charge is 0.425 e. The summed E-state index contributed by atoms with van der Waals surface area (Å²) < 4.78 is 43.6. The first kappa shape index (κ1) is 15.3. The summed E-state index contributed by atoms with van der Waals surface area (Å²) in [5.74, 6) is -0.664. The molecule has 0 heterocycles. The third-order valence-corrected chi connectivity index (χ3v) is 2.28. The van der Waals surface area contributed by atoms with Gasteiger partial charge in [-0.05, 0) is 13.8 Å². The number of ether oxygens (including phenoxy) is 1. The van der Waals surface area contributed by atoms with E-state index in [0.29, 0.717) is 0 Å². The quantitative estimate of drug-likeness (QED) is 0.767. The van der Waals surface area contributed by atoms with Gasteiger partial charge in [-0.2, -0.15) is 13.2 Å². The SMILES string of the molecule is C=C(OC(C)C)C(O)(C(C)(C)C)C(F)(F)F. The summed E-state index contributed by atoms with van der Waals surface area (Å²) >= 11 is 0. The lowest BCUT2D eigenvalue weighted by atomic mass is 9.74. The van der Waals surface area contributed by atoms with Gasteiger partial charge in [-0.25, -0.2) is 0 Å². The highest BCUT2D eigenvalue weighted by Gasteiger charge is 2.63. The van der Waals surface area contributed by atoms with Crippen molar-refractivity contribution in [2.24, 2.45) is 5.41 Å². The van der Waals surface area contributed by atoms with E-state index in [4.69, 9.17) is 4.74 Å². The molecule has 0 aliphatic heterocycles. The number of halogens is 3. The minimum atomic E-state index is -4.82. The van der Waals surface area contributed by atoms with Crippen LogP contribution in [0.25, 0.3) is 0 Å². The van der Waals surface area contributed by atoms with E-state index in [-0.39, 0.29) is 0 Å². The molecule has 0 fully saturated rings. The summed E-state index contributed by atoms with van der Waals surface area (Å²) in [6, 6.07) is 0. The molecule has 2 nitrogen and oxygen atoms in total. The van der Waals surface area contributed by atoms with E-state index >= 15 is 0 Å². The number of aliphatic hydroxyl groups is 1. The van der Waals surface area contributed by atoms with E-state index in [9.17, 15) is 18.3 Å². The van der Waals surface area contributed by atoms with Crippen molar-refractivity contribution in [2.45, 2.75) is 52.5 Å². The van der Waals surface area contributed by atoms with Gasteiger partial charge in [0.2, 0.25) is 5.60 Å². The van der Waals surface area contributed by atoms with Crippen LogP contribution in [0.5, 0.6) is 0 Å².